The van der Waals surface area contributed by atoms with Crippen LogP contribution in [0.4, 0.5) is 0 Å². The van der Waals surface area contributed by atoms with Gasteiger partial charge in [0.2, 0.25) is 0 Å². The number of nitrogens with zero attached hydrogens (tertiary/aromatic N) is 2. The van der Waals surface area contributed by atoms with Crippen LogP contribution in [0.25, 0.3) is 0 Å². The first-order chi connectivity index (χ1) is 8.70. The minimum absolute atomic E-state index is 0.149. The van der Waals surface area contributed by atoms with Crippen molar-refractivity contribution in [1.82, 2.24) is 9.97 Å². The molecule has 0 radical (unpaired) electrons. The molecule has 1 aromatic carbocycles. The zero-order valence-electron chi connectivity index (χ0n) is 10.6. The lowest BCUT2D eigenvalue weighted by molar-refractivity contribution is 0.408. The van der Waals surface area contributed by atoms with Crippen LogP contribution in [0.5, 0.6) is 5.75 Å². The third-order valence-electron chi connectivity index (χ3n) is 2.86. The standard InChI is InChI=1S/C14H17N3O/c1-10-3-4-14(18-2)11(7-10)8-12(15)13-5-6-16-9-17-13/h3-7,9,12H,8,15H2,1-2H3. The lowest BCUT2D eigenvalue weighted by Crippen LogP contribution is -2.15. The van der Waals surface area contributed by atoms with Crippen molar-refractivity contribution in [2.24, 2.45) is 5.73 Å². The Labute approximate surface area is 107 Å². The van der Waals surface area contributed by atoms with Crippen LogP contribution in [0.15, 0.2) is 36.8 Å². The second-order valence-electron chi connectivity index (χ2n) is 4.26. The van der Waals surface area contributed by atoms with E-state index in [1.54, 1.807) is 13.3 Å². The van der Waals surface area contributed by atoms with Gasteiger partial charge in [-0.25, -0.2) is 9.97 Å². The molecule has 2 rings (SSSR count). The molecule has 2 aromatic rings. The van der Waals surface area contributed by atoms with Crippen molar-refractivity contribution in [3.05, 3.63) is 53.6 Å². The lowest BCUT2D eigenvalue weighted by atomic mass is 10.0. The molecule has 0 amide bonds. The maximum absolute atomic E-state index is 6.15. The molecule has 0 saturated heterocycles. The van der Waals surface area contributed by atoms with E-state index in [0.717, 1.165) is 17.0 Å². The molecule has 0 spiro atoms. The molecule has 0 aliphatic rings. The van der Waals surface area contributed by atoms with Crippen molar-refractivity contribution in [3.8, 4) is 5.75 Å². The topological polar surface area (TPSA) is 61.0 Å². The molecule has 18 heavy (non-hydrogen) atoms. The quantitative estimate of drug-likeness (QED) is 0.892. The SMILES string of the molecule is COc1ccc(C)cc1CC(N)c1ccncn1. The average molecular weight is 243 g/mol. The van der Waals surface area contributed by atoms with Crippen molar-refractivity contribution in [1.29, 1.82) is 0 Å². The fourth-order valence-electron chi connectivity index (χ4n) is 1.93. The molecule has 4 heteroatoms. The van der Waals surface area contributed by atoms with Crippen LogP contribution in [0, 0.1) is 6.92 Å². The monoisotopic (exact) mass is 243 g/mol. The predicted molar refractivity (Wildman–Crippen MR) is 70.4 cm³/mol. The van der Waals surface area contributed by atoms with Crippen LogP contribution >= 0.6 is 0 Å². The number of nitrogens with two attached hydrogens (primary N) is 1. The van der Waals surface area contributed by atoms with Crippen LogP contribution in [0.3, 0.4) is 0 Å². The molecular weight excluding hydrogens is 226 g/mol. The average Bonchev–Trinajstić information content (AvgIpc) is 2.40. The fraction of sp³-hybridized carbons (Fsp3) is 0.286. The van der Waals surface area contributed by atoms with Crippen molar-refractivity contribution in [2.45, 2.75) is 19.4 Å². The van der Waals surface area contributed by atoms with E-state index in [0.29, 0.717) is 6.42 Å². The first-order valence-electron chi connectivity index (χ1n) is 5.85. The summed E-state index contributed by atoms with van der Waals surface area (Å²) in [6.45, 7) is 2.05. The third kappa shape index (κ3) is 2.84. The van der Waals surface area contributed by atoms with Gasteiger partial charge in [0, 0.05) is 6.20 Å². The van der Waals surface area contributed by atoms with Gasteiger partial charge in [0.1, 0.15) is 12.1 Å². The Bertz CT molecular complexity index is 514. The number of aryl methyl sites for hydroxylation is 1. The van der Waals surface area contributed by atoms with Gasteiger partial charge in [-0.05, 0) is 31.0 Å². The van der Waals surface area contributed by atoms with Crippen LogP contribution in [0.1, 0.15) is 22.9 Å². The minimum Gasteiger partial charge on any atom is -0.496 e. The minimum atomic E-state index is -0.149. The molecule has 1 aromatic heterocycles. The van der Waals surface area contributed by atoms with E-state index in [2.05, 4.69) is 23.0 Å². The highest BCUT2D eigenvalue weighted by Crippen LogP contribution is 2.24. The Balaban J connectivity index is 2.21. The second kappa shape index (κ2) is 5.60. The Morgan fingerprint density at radius 2 is 2.17 bits per heavy atom. The van der Waals surface area contributed by atoms with Gasteiger partial charge in [-0.3, -0.25) is 0 Å². The van der Waals surface area contributed by atoms with Crippen LogP contribution in [-0.4, -0.2) is 17.1 Å². The Morgan fingerprint density at radius 3 is 2.83 bits per heavy atom. The van der Waals surface area contributed by atoms with E-state index in [1.165, 1.54) is 11.9 Å². The second-order valence-corrected chi connectivity index (χ2v) is 4.26. The highest BCUT2D eigenvalue weighted by molar-refractivity contribution is 5.37. The first kappa shape index (κ1) is 12.5. The van der Waals surface area contributed by atoms with Crippen molar-refractivity contribution >= 4 is 0 Å². The molecule has 0 saturated carbocycles. The van der Waals surface area contributed by atoms with Crippen LogP contribution in [0.2, 0.25) is 0 Å². The van der Waals surface area contributed by atoms with Crippen LogP contribution < -0.4 is 10.5 Å². The number of aromatic nitrogens is 2. The maximum atomic E-state index is 6.15. The van der Waals surface area contributed by atoms with E-state index in [-0.39, 0.29) is 6.04 Å². The van der Waals surface area contributed by atoms with Crippen molar-refractivity contribution < 1.29 is 4.74 Å². The van der Waals surface area contributed by atoms with E-state index in [9.17, 15) is 0 Å². The number of ether oxygens (including phenoxy) is 1. The zero-order chi connectivity index (χ0) is 13.0. The van der Waals surface area contributed by atoms with E-state index in [4.69, 9.17) is 10.5 Å². The Hall–Kier alpha value is -1.94. The van der Waals surface area contributed by atoms with Gasteiger partial charge in [0.25, 0.3) is 0 Å². The number of hydrogen-bond acceptors (Lipinski definition) is 4. The van der Waals surface area contributed by atoms with Gasteiger partial charge in [-0.2, -0.15) is 0 Å². The predicted octanol–water partition coefficient (Wildman–Crippen LogP) is 2.04. The third-order valence-corrected chi connectivity index (χ3v) is 2.86. The summed E-state index contributed by atoms with van der Waals surface area (Å²) in [5.74, 6) is 0.866. The summed E-state index contributed by atoms with van der Waals surface area (Å²) in [5, 5.41) is 0. The van der Waals surface area contributed by atoms with E-state index < -0.39 is 0 Å². The largest absolute Gasteiger partial charge is 0.496 e. The summed E-state index contributed by atoms with van der Waals surface area (Å²) in [4.78, 5) is 8.07. The normalized spacial score (nSPS) is 12.2. The number of methoxy groups -OCH3 is 1. The summed E-state index contributed by atoms with van der Waals surface area (Å²) < 4.78 is 5.35. The van der Waals surface area contributed by atoms with E-state index >= 15 is 0 Å². The van der Waals surface area contributed by atoms with E-state index in [1.807, 2.05) is 18.2 Å². The molecule has 0 aliphatic carbocycles. The summed E-state index contributed by atoms with van der Waals surface area (Å²) >= 11 is 0. The van der Waals surface area contributed by atoms with Gasteiger partial charge < -0.3 is 10.5 Å². The van der Waals surface area contributed by atoms with Gasteiger partial charge in [0.05, 0.1) is 18.8 Å². The molecule has 1 atom stereocenters. The maximum Gasteiger partial charge on any atom is 0.122 e. The number of benzene rings is 1. The molecule has 1 heterocycles. The smallest absolute Gasteiger partial charge is 0.122 e. The molecule has 0 fully saturated rings. The highest BCUT2D eigenvalue weighted by Gasteiger charge is 2.11. The molecule has 0 bridgehead atoms. The highest BCUT2D eigenvalue weighted by atomic mass is 16.5. The fourth-order valence-corrected chi connectivity index (χ4v) is 1.93. The molecule has 0 aliphatic heterocycles. The van der Waals surface area contributed by atoms with Gasteiger partial charge in [-0.1, -0.05) is 17.7 Å². The summed E-state index contributed by atoms with van der Waals surface area (Å²) in [6.07, 6.45) is 3.92. The summed E-state index contributed by atoms with van der Waals surface area (Å²) in [7, 11) is 1.67. The Kier molecular flexibility index (Phi) is 3.89. The van der Waals surface area contributed by atoms with Gasteiger partial charge >= 0.3 is 0 Å². The molecule has 2 N–H and O–H groups in total. The summed E-state index contributed by atoms with van der Waals surface area (Å²) in [6, 6.07) is 7.78. The van der Waals surface area contributed by atoms with Crippen molar-refractivity contribution in [3.63, 3.8) is 0 Å². The van der Waals surface area contributed by atoms with Gasteiger partial charge in [-0.15, -0.1) is 0 Å². The molecular formula is C14H17N3O. The van der Waals surface area contributed by atoms with Crippen molar-refractivity contribution in [2.75, 3.05) is 7.11 Å². The molecule has 94 valence electrons. The summed E-state index contributed by atoms with van der Waals surface area (Å²) in [5.41, 5.74) is 9.29. The Morgan fingerprint density at radius 1 is 1.33 bits per heavy atom. The molecule has 1 unspecified atom stereocenters. The van der Waals surface area contributed by atoms with Gasteiger partial charge in [0.15, 0.2) is 0 Å². The number of hydrogen-bond donors (Lipinski definition) is 1. The zero-order valence-corrected chi connectivity index (χ0v) is 10.6. The lowest BCUT2D eigenvalue weighted by Gasteiger charge is -2.14. The number of rotatable bonds is 4. The van der Waals surface area contributed by atoms with Crippen LogP contribution in [-0.2, 0) is 6.42 Å². The molecule has 4 nitrogen and oxygen atoms in total. The first-order valence-corrected chi connectivity index (χ1v) is 5.85.